The number of alkyl halides is 3. The number of rotatable bonds is 9. The fraction of sp³-hybridized carbons (Fsp3) is 1.00. The Morgan fingerprint density at radius 3 is 2.11 bits per heavy atom. The van der Waals surface area contributed by atoms with Crippen LogP contribution in [0.5, 0.6) is 0 Å². The van der Waals surface area contributed by atoms with Gasteiger partial charge in [0.1, 0.15) is 0 Å². The van der Waals surface area contributed by atoms with E-state index in [9.17, 15) is 13.2 Å². The van der Waals surface area contributed by atoms with Gasteiger partial charge in [0.2, 0.25) is 0 Å². The minimum absolute atomic E-state index is 0.147. The predicted molar refractivity (Wildman–Crippen MR) is 74.1 cm³/mol. The first-order valence-electron chi connectivity index (χ1n) is 7.20. The van der Waals surface area contributed by atoms with Crippen molar-refractivity contribution in [1.82, 2.24) is 4.90 Å². The highest BCUT2D eigenvalue weighted by Gasteiger charge is 2.33. The van der Waals surface area contributed by atoms with Crippen LogP contribution < -0.4 is 5.73 Å². The molecular weight excluding hydrogens is 253 g/mol. The smallest absolute Gasteiger partial charge is 0.329 e. The number of nitrogens with two attached hydrogens (primary N) is 1. The molecule has 0 spiro atoms. The third-order valence-corrected chi connectivity index (χ3v) is 3.99. The Hall–Kier alpha value is -0.290. The molecule has 0 amide bonds. The second-order valence-corrected chi connectivity index (χ2v) is 5.72. The Kier molecular flexibility index (Phi) is 7.98. The van der Waals surface area contributed by atoms with Crippen LogP contribution in [0.1, 0.15) is 53.4 Å². The van der Waals surface area contributed by atoms with Gasteiger partial charge in [-0.1, -0.05) is 27.2 Å². The molecule has 116 valence electrons. The first-order valence-corrected chi connectivity index (χ1v) is 7.20. The quantitative estimate of drug-likeness (QED) is 0.697. The molecule has 0 aliphatic rings. The molecule has 19 heavy (non-hydrogen) atoms. The summed E-state index contributed by atoms with van der Waals surface area (Å²) in [6.45, 7) is 10.4. The molecule has 0 aromatic heterocycles. The number of nitrogens with zero attached hydrogens (tertiary/aromatic N) is 1. The molecule has 0 aromatic carbocycles. The summed E-state index contributed by atoms with van der Waals surface area (Å²) >= 11 is 0. The number of likely N-dealkylation sites (N-methyl/N-ethyl adjacent to an activating group) is 1. The zero-order chi connectivity index (χ0) is 15.1. The van der Waals surface area contributed by atoms with Crippen molar-refractivity contribution in [2.45, 2.75) is 65.1 Å². The molecule has 0 aliphatic carbocycles. The molecule has 2 nitrogen and oxygen atoms in total. The van der Waals surface area contributed by atoms with Crippen LogP contribution in [0.2, 0.25) is 0 Å². The van der Waals surface area contributed by atoms with E-state index in [4.69, 9.17) is 5.73 Å². The molecule has 5 heteroatoms. The van der Waals surface area contributed by atoms with Crippen LogP contribution in [0.4, 0.5) is 13.2 Å². The van der Waals surface area contributed by atoms with E-state index < -0.39 is 12.6 Å². The number of hydrogen-bond acceptors (Lipinski definition) is 2. The zero-order valence-corrected chi connectivity index (χ0v) is 12.7. The van der Waals surface area contributed by atoms with Crippen molar-refractivity contribution < 1.29 is 13.2 Å². The van der Waals surface area contributed by atoms with Crippen molar-refractivity contribution in [3.05, 3.63) is 0 Å². The Balaban J connectivity index is 4.53. The topological polar surface area (TPSA) is 29.3 Å². The normalized spacial score (nSPS) is 17.5. The van der Waals surface area contributed by atoms with Crippen molar-refractivity contribution in [3.63, 3.8) is 0 Å². The lowest BCUT2D eigenvalue weighted by atomic mass is 9.91. The largest absolute Gasteiger partial charge is 0.389 e. The lowest BCUT2D eigenvalue weighted by molar-refractivity contribution is -0.136. The van der Waals surface area contributed by atoms with Gasteiger partial charge in [-0.3, -0.25) is 4.90 Å². The van der Waals surface area contributed by atoms with E-state index in [2.05, 4.69) is 18.7 Å². The lowest BCUT2D eigenvalue weighted by Crippen LogP contribution is -2.53. The van der Waals surface area contributed by atoms with Crippen LogP contribution in [0, 0.1) is 5.92 Å². The van der Waals surface area contributed by atoms with Gasteiger partial charge in [-0.05, 0) is 32.2 Å². The Labute approximate surface area is 115 Å². The molecular formula is C14H29F3N2. The highest BCUT2D eigenvalue weighted by atomic mass is 19.4. The monoisotopic (exact) mass is 282 g/mol. The van der Waals surface area contributed by atoms with Crippen molar-refractivity contribution in [1.29, 1.82) is 0 Å². The third-order valence-electron chi connectivity index (χ3n) is 3.99. The maximum atomic E-state index is 12.2. The average molecular weight is 282 g/mol. The Morgan fingerprint density at radius 2 is 1.74 bits per heavy atom. The van der Waals surface area contributed by atoms with Crippen LogP contribution in [-0.2, 0) is 0 Å². The van der Waals surface area contributed by atoms with Gasteiger partial charge >= 0.3 is 6.18 Å². The second-order valence-electron chi connectivity index (χ2n) is 5.72. The third kappa shape index (κ3) is 7.16. The van der Waals surface area contributed by atoms with Gasteiger partial charge in [-0.2, -0.15) is 13.2 Å². The molecule has 0 aliphatic heterocycles. The summed E-state index contributed by atoms with van der Waals surface area (Å²) in [6, 6.07) is 0. The second kappa shape index (κ2) is 8.10. The van der Waals surface area contributed by atoms with E-state index in [1.807, 2.05) is 13.8 Å². The van der Waals surface area contributed by atoms with Crippen LogP contribution in [0.15, 0.2) is 0 Å². The highest BCUT2D eigenvalue weighted by Crippen LogP contribution is 2.28. The van der Waals surface area contributed by atoms with Crippen LogP contribution in [0.3, 0.4) is 0 Å². The maximum absolute atomic E-state index is 12.2. The van der Waals surface area contributed by atoms with E-state index in [0.717, 1.165) is 19.5 Å². The van der Waals surface area contributed by atoms with E-state index >= 15 is 0 Å². The van der Waals surface area contributed by atoms with Crippen LogP contribution >= 0.6 is 0 Å². The summed E-state index contributed by atoms with van der Waals surface area (Å²) in [4.78, 5) is 2.23. The lowest BCUT2D eigenvalue weighted by Gasteiger charge is -2.41. The Morgan fingerprint density at radius 1 is 1.16 bits per heavy atom. The minimum Gasteiger partial charge on any atom is -0.329 e. The molecule has 2 N–H and O–H groups in total. The maximum Gasteiger partial charge on any atom is 0.389 e. The Bertz CT molecular complexity index is 243. The summed E-state index contributed by atoms with van der Waals surface area (Å²) in [5.41, 5.74) is 5.50. The van der Waals surface area contributed by atoms with Crippen molar-refractivity contribution in [2.24, 2.45) is 11.7 Å². The van der Waals surface area contributed by atoms with Gasteiger partial charge in [-0.25, -0.2) is 0 Å². The van der Waals surface area contributed by atoms with Gasteiger partial charge in [0.15, 0.2) is 0 Å². The van der Waals surface area contributed by atoms with E-state index in [0.29, 0.717) is 18.9 Å². The fourth-order valence-corrected chi connectivity index (χ4v) is 2.30. The first-order chi connectivity index (χ1) is 8.68. The molecule has 0 saturated carbocycles. The van der Waals surface area contributed by atoms with Crippen molar-refractivity contribution >= 4 is 0 Å². The van der Waals surface area contributed by atoms with Crippen LogP contribution in [0.25, 0.3) is 0 Å². The summed E-state index contributed by atoms with van der Waals surface area (Å²) in [5, 5.41) is 0. The minimum atomic E-state index is -4.07. The predicted octanol–water partition coefficient (Wildman–Crippen LogP) is 3.80. The van der Waals surface area contributed by atoms with Gasteiger partial charge < -0.3 is 5.73 Å². The van der Waals surface area contributed by atoms with E-state index in [1.54, 1.807) is 0 Å². The first kappa shape index (κ1) is 18.7. The molecule has 0 bridgehead atoms. The van der Waals surface area contributed by atoms with Gasteiger partial charge in [0.25, 0.3) is 0 Å². The number of hydrogen-bond donors (Lipinski definition) is 1. The SMILES string of the molecule is CCC(C)CN(CC)C(C)(CN)CCCC(F)(F)F. The molecule has 2 unspecified atom stereocenters. The highest BCUT2D eigenvalue weighted by molar-refractivity contribution is 4.87. The molecule has 0 fully saturated rings. The molecule has 2 atom stereocenters. The van der Waals surface area contributed by atoms with Gasteiger partial charge in [0, 0.05) is 25.0 Å². The summed E-state index contributed by atoms with van der Waals surface area (Å²) in [6.07, 6.45) is -3.08. The molecule has 0 aromatic rings. The van der Waals surface area contributed by atoms with E-state index in [1.165, 1.54) is 0 Å². The average Bonchev–Trinajstić information content (AvgIpc) is 2.33. The molecule has 0 radical (unpaired) electrons. The number of halogens is 3. The fourth-order valence-electron chi connectivity index (χ4n) is 2.30. The van der Waals surface area contributed by atoms with Gasteiger partial charge in [0.05, 0.1) is 0 Å². The molecule has 0 saturated heterocycles. The van der Waals surface area contributed by atoms with E-state index in [-0.39, 0.29) is 12.0 Å². The van der Waals surface area contributed by atoms with Gasteiger partial charge in [-0.15, -0.1) is 0 Å². The summed E-state index contributed by atoms with van der Waals surface area (Å²) in [5.74, 6) is 0.536. The van der Waals surface area contributed by atoms with Crippen LogP contribution in [-0.4, -0.2) is 36.2 Å². The molecule has 0 heterocycles. The standard InChI is InChI=1S/C14H29F3N2/c1-5-12(3)10-19(6-2)13(4,11-18)8-7-9-14(15,16)17/h12H,5-11,18H2,1-4H3. The van der Waals surface area contributed by atoms with Crippen molar-refractivity contribution in [3.8, 4) is 0 Å². The molecule has 0 rings (SSSR count). The summed E-state index contributed by atoms with van der Waals surface area (Å²) in [7, 11) is 0. The summed E-state index contributed by atoms with van der Waals surface area (Å²) < 4.78 is 36.7. The zero-order valence-electron chi connectivity index (χ0n) is 12.7. The van der Waals surface area contributed by atoms with Crippen molar-refractivity contribution in [2.75, 3.05) is 19.6 Å².